The highest BCUT2D eigenvalue weighted by Crippen LogP contribution is 2.38. The molecule has 0 radical (unpaired) electrons. The fraction of sp³-hybridized carbons (Fsp3) is 0.208. The average Bonchev–Trinajstić information content (AvgIpc) is 3.37. The van der Waals surface area contributed by atoms with Gasteiger partial charge < -0.3 is 10.5 Å². The molecule has 2 aromatic carbocycles. The Morgan fingerprint density at radius 3 is 2.59 bits per heavy atom. The predicted molar refractivity (Wildman–Crippen MR) is 132 cm³/mol. The monoisotopic (exact) mass is 476 g/mol. The molecule has 0 unspecified atom stereocenters. The summed E-state index contributed by atoms with van der Waals surface area (Å²) >= 11 is 0. The largest absolute Gasteiger partial charge is 0.437 e. The third kappa shape index (κ3) is 4.25. The molecule has 10 heteroatoms. The van der Waals surface area contributed by atoms with E-state index in [-0.39, 0.29) is 5.95 Å². The number of nitrogens with zero attached hydrogens (tertiary/aromatic N) is 4. The lowest BCUT2D eigenvalue weighted by molar-refractivity contribution is 0.466. The minimum atomic E-state index is -3.63. The number of nitrogens with two attached hydrogens (primary N) is 1. The number of pyridine rings is 1. The van der Waals surface area contributed by atoms with Gasteiger partial charge in [-0.3, -0.25) is 4.72 Å². The molecule has 2 aromatic heterocycles. The van der Waals surface area contributed by atoms with Crippen molar-refractivity contribution in [2.24, 2.45) is 0 Å². The number of hydrogen-bond acceptors (Lipinski definition) is 7. The quantitative estimate of drug-likeness (QED) is 0.429. The Morgan fingerprint density at radius 2 is 1.79 bits per heavy atom. The van der Waals surface area contributed by atoms with Crippen molar-refractivity contribution in [3.8, 4) is 22.9 Å². The van der Waals surface area contributed by atoms with E-state index in [1.807, 2.05) is 31.2 Å². The SMILES string of the molecule is Cc1ccc2c(NS(=O)(=O)N3CCCC3)cccc2c1Oc1ncccc1-c1ccnc(N)n1. The average molecular weight is 477 g/mol. The summed E-state index contributed by atoms with van der Waals surface area (Å²) in [5.74, 6) is 1.10. The molecule has 1 fully saturated rings. The van der Waals surface area contributed by atoms with Crippen molar-refractivity contribution in [3.05, 3.63) is 66.5 Å². The summed E-state index contributed by atoms with van der Waals surface area (Å²) in [6.07, 6.45) is 4.96. The molecule has 0 bridgehead atoms. The third-order valence-electron chi connectivity index (χ3n) is 5.77. The van der Waals surface area contributed by atoms with Gasteiger partial charge in [-0.15, -0.1) is 0 Å². The highest BCUT2D eigenvalue weighted by Gasteiger charge is 2.26. The molecule has 0 atom stereocenters. The first kappa shape index (κ1) is 22.1. The smallest absolute Gasteiger partial charge is 0.301 e. The van der Waals surface area contributed by atoms with Crippen LogP contribution < -0.4 is 15.2 Å². The summed E-state index contributed by atoms with van der Waals surface area (Å²) in [6, 6.07) is 14.6. The lowest BCUT2D eigenvalue weighted by Gasteiger charge is -2.19. The van der Waals surface area contributed by atoms with Gasteiger partial charge in [0.15, 0.2) is 0 Å². The number of fused-ring (bicyclic) bond motifs is 1. The molecule has 174 valence electrons. The zero-order valence-corrected chi connectivity index (χ0v) is 19.4. The number of benzene rings is 2. The Hall–Kier alpha value is -3.76. The van der Waals surface area contributed by atoms with Gasteiger partial charge in [0.1, 0.15) is 5.75 Å². The molecule has 4 aromatic rings. The molecule has 0 spiro atoms. The number of nitrogen functional groups attached to an aromatic ring is 1. The highest BCUT2D eigenvalue weighted by atomic mass is 32.2. The molecule has 9 nitrogen and oxygen atoms in total. The second-order valence-electron chi connectivity index (χ2n) is 8.08. The molecule has 0 amide bonds. The molecule has 3 N–H and O–H groups in total. The van der Waals surface area contributed by atoms with Crippen molar-refractivity contribution in [3.63, 3.8) is 0 Å². The third-order valence-corrected chi connectivity index (χ3v) is 7.30. The number of ether oxygens (including phenoxy) is 1. The zero-order chi connectivity index (χ0) is 23.7. The van der Waals surface area contributed by atoms with Gasteiger partial charge in [-0.25, -0.2) is 15.0 Å². The molecule has 0 aliphatic carbocycles. The van der Waals surface area contributed by atoms with Crippen LogP contribution >= 0.6 is 0 Å². The number of nitrogens with one attached hydrogen (secondary N) is 1. The Bertz CT molecular complexity index is 1470. The van der Waals surface area contributed by atoms with Crippen LogP contribution in [0, 0.1) is 6.92 Å². The molecule has 1 aliphatic rings. The summed E-state index contributed by atoms with van der Waals surface area (Å²) < 4.78 is 36.3. The van der Waals surface area contributed by atoms with E-state index in [0.29, 0.717) is 41.7 Å². The van der Waals surface area contributed by atoms with Crippen LogP contribution in [0.4, 0.5) is 11.6 Å². The summed E-state index contributed by atoms with van der Waals surface area (Å²) in [7, 11) is -3.63. The lowest BCUT2D eigenvalue weighted by atomic mass is 10.0. The maximum Gasteiger partial charge on any atom is 0.301 e. The molecule has 0 saturated carbocycles. The minimum Gasteiger partial charge on any atom is -0.437 e. The first-order valence-electron chi connectivity index (χ1n) is 10.9. The number of rotatable bonds is 6. The second kappa shape index (κ2) is 8.88. The van der Waals surface area contributed by atoms with Gasteiger partial charge in [0.2, 0.25) is 11.8 Å². The van der Waals surface area contributed by atoms with E-state index in [2.05, 4.69) is 19.7 Å². The van der Waals surface area contributed by atoms with E-state index in [0.717, 1.165) is 29.2 Å². The molecule has 3 heterocycles. The Labute approximate surface area is 197 Å². The summed E-state index contributed by atoms with van der Waals surface area (Å²) in [5, 5.41) is 1.50. The van der Waals surface area contributed by atoms with E-state index in [9.17, 15) is 8.42 Å². The predicted octanol–water partition coefficient (Wildman–Crippen LogP) is 4.13. The molecule has 34 heavy (non-hydrogen) atoms. The lowest BCUT2D eigenvalue weighted by Crippen LogP contribution is -2.33. The second-order valence-corrected chi connectivity index (χ2v) is 9.75. The Morgan fingerprint density at radius 1 is 0.971 bits per heavy atom. The topological polar surface area (TPSA) is 123 Å². The molecule has 1 aliphatic heterocycles. The summed E-state index contributed by atoms with van der Waals surface area (Å²) in [5.41, 5.74) is 8.40. The summed E-state index contributed by atoms with van der Waals surface area (Å²) in [6.45, 7) is 2.99. The van der Waals surface area contributed by atoms with Crippen LogP contribution in [0.5, 0.6) is 11.6 Å². The van der Waals surface area contributed by atoms with Crippen LogP contribution in [-0.4, -0.2) is 40.8 Å². The van der Waals surface area contributed by atoms with Crippen molar-refractivity contribution < 1.29 is 13.2 Å². The standard InChI is InChI=1S/C24H24N6O3S/c1-16-9-10-17-18(6-4-8-21(17)29-34(31,32)30-14-2-3-15-30)22(16)33-23-19(7-5-12-26-23)20-11-13-27-24(25)28-20/h4-13,29H,2-3,14-15H2,1H3,(H2,25,27,28). The van der Waals surface area contributed by atoms with Gasteiger partial charge in [-0.2, -0.15) is 12.7 Å². The van der Waals surface area contributed by atoms with E-state index in [1.54, 1.807) is 36.7 Å². The van der Waals surface area contributed by atoms with E-state index in [1.165, 1.54) is 4.31 Å². The van der Waals surface area contributed by atoms with Crippen LogP contribution in [0.15, 0.2) is 60.9 Å². The number of aromatic nitrogens is 3. The summed E-state index contributed by atoms with van der Waals surface area (Å²) in [4.78, 5) is 12.7. The van der Waals surface area contributed by atoms with E-state index in [4.69, 9.17) is 10.5 Å². The van der Waals surface area contributed by atoms with Gasteiger partial charge in [0.25, 0.3) is 0 Å². The molecule has 5 rings (SSSR count). The van der Waals surface area contributed by atoms with E-state index < -0.39 is 10.2 Å². The van der Waals surface area contributed by atoms with Crippen molar-refractivity contribution in [1.29, 1.82) is 0 Å². The maximum atomic E-state index is 12.9. The maximum absolute atomic E-state index is 12.9. The van der Waals surface area contributed by atoms with Crippen molar-refractivity contribution in [2.45, 2.75) is 19.8 Å². The number of anilines is 2. The van der Waals surface area contributed by atoms with Gasteiger partial charge in [0.05, 0.1) is 16.9 Å². The van der Waals surface area contributed by atoms with Crippen molar-refractivity contribution in [2.75, 3.05) is 23.5 Å². The fourth-order valence-electron chi connectivity index (χ4n) is 4.08. The van der Waals surface area contributed by atoms with Gasteiger partial charge in [-0.1, -0.05) is 24.3 Å². The Kier molecular flexibility index (Phi) is 5.76. The number of hydrogen-bond donors (Lipinski definition) is 2. The van der Waals surface area contributed by atoms with Crippen LogP contribution in [0.1, 0.15) is 18.4 Å². The number of aryl methyl sites for hydroxylation is 1. The molecular formula is C24H24N6O3S. The molecule has 1 saturated heterocycles. The first-order valence-corrected chi connectivity index (χ1v) is 12.4. The van der Waals surface area contributed by atoms with Gasteiger partial charge in [0, 0.05) is 36.3 Å². The van der Waals surface area contributed by atoms with E-state index >= 15 is 0 Å². The Balaban J connectivity index is 1.56. The molecular weight excluding hydrogens is 452 g/mol. The van der Waals surface area contributed by atoms with Gasteiger partial charge >= 0.3 is 10.2 Å². The van der Waals surface area contributed by atoms with Crippen molar-refractivity contribution in [1.82, 2.24) is 19.3 Å². The minimum absolute atomic E-state index is 0.156. The first-order chi connectivity index (χ1) is 16.4. The van der Waals surface area contributed by atoms with Crippen LogP contribution in [0.3, 0.4) is 0 Å². The van der Waals surface area contributed by atoms with Crippen molar-refractivity contribution >= 4 is 32.6 Å². The van der Waals surface area contributed by atoms with Crippen LogP contribution in [-0.2, 0) is 10.2 Å². The van der Waals surface area contributed by atoms with Crippen LogP contribution in [0.25, 0.3) is 22.0 Å². The fourth-order valence-corrected chi connectivity index (χ4v) is 5.41. The highest BCUT2D eigenvalue weighted by molar-refractivity contribution is 7.90. The zero-order valence-electron chi connectivity index (χ0n) is 18.6. The van der Waals surface area contributed by atoms with Crippen LogP contribution in [0.2, 0.25) is 0 Å². The van der Waals surface area contributed by atoms with Gasteiger partial charge in [-0.05, 0) is 49.6 Å². The normalized spacial score (nSPS) is 14.4.